The molecule has 0 aromatic carbocycles. The molecule has 0 aliphatic rings. The van der Waals surface area contributed by atoms with E-state index < -0.39 is 0 Å². The monoisotopic (exact) mass is 325 g/mol. The molecule has 0 radical (unpaired) electrons. The number of anilines is 1. The predicted molar refractivity (Wildman–Crippen MR) is 89.8 cm³/mol. The van der Waals surface area contributed by atoms with Gasteiger partial charge in [0.05, 0.1) is 0 Å². The van der Waals surface area contributed by atoms with E-state index in [1.54, 1.807) is 30.1 Å². The highest BCUT2D eigenvalue weighted by Gasteiger charge is 2.13. The van der Waals surface area contributed by atoms with Crippen LogP contribution in [0.25, 0.3) is 5.82 Å². The van der Waals surface area contributed by atoms with E-state index >= 15 is 0 Å². The molecule has 1 atom stereocenters. The van der Waals surface area contributed by atoms with Crippen molar-refractivity contribution < 1.29 is 4.79 Å². The van der Waals surface area contributed by atoms with Crippen molar-refractivity contribution in [3.05, 3.63) is 55.1 Å². The van der Waals surface area contributed by atoms with Crippen molar-refractivity contribution >= 4 is 11.7 Å². The van der Waals surface area contributed by atoms with Gasteiger partial charge in [0.2, 0.25) is 5.91 Å². The molecule has 24 heavy (non-hydrogen) atoms. The van der Waals surface area contributed by atoms with E-state index in [1.165, 1.54) is 0 Å². The normalized spacial score (nSPS) is 11.9. The lowest BCUT2D eigenvalue weighted by Crippen LogP contribution is -2.34. The second kappa shape index (κ2) is 7.40. The lowest BCUT2D eigenvalue weighted by molar-refractivity contribution is -0.124. The number of hydrogen-bond acceptors (Lipinski definition) is 5. The van der Waals surface area contributed by atoms with Crippen molar-refractivity contribution in [2.75, 3.05) is 18.4 Å². The Morgan fingerprint density at radius 1 is 1.12 bits per heavy atom. The third-order valence-corrected chi connectivity index (χ3v) is 3.55. The number of nitrogens with one attached hydrogen (secondary N) is 2. The molecule has 0 aliphatic carbocycles. The standard InChI is InChI=1S/C16H19N7O/c1-13(23-12-4-7-19-23)16(24)18-9-8-17-14-5-6-15(21-20-14)22-10-2-3-11-22/h2-7,10-13H,8-9H2,1H3,(H,17,20)(H,18,24). The van der Waals surface area contributed by atoms with E-state index in [9.17, 15) is 4.79 Å². The zero-order chi connectivity index (χ0) is 16.8. The average Bonchev–Trinajstić information content (AvgIpc) is 3.32. The lowest BCUT2D eigenvalue weighted by atomic mass is 10.3. The van der Waals surface area contributed by atoms with Crippen LogP contribution in [0.4, 0.5) is 5.82 Å². The maximum Gasteiger partial charge on any atom is 0.244 e. The van der Waals surface area contributed by atoms with Gasteiger partial charge in [-0.25, -0.2) is 0 Å². The first-order chi connectivity index (χ1) is 11.7. The number of carbonyl (C=O) groups is 1. The summed E-state index contributed by atoms with van der Waals surface area (Å²) in [4.78, 5) is 12.0. The van der Waals surface area contributed by atoms with Gasteiger partial charge in [-0.1, -0.05) is 0 Å². The van der Waals surface area contributed by atoms with Gasteiger partial charge in [0, 0.05) is 37.9 Å². The Balaban J connectivity index is 1.42. The number of rotatable bonds is 7. The van der Waals surface area contributed by atoms with Crippen molar-refractivity contribution in [3.8, 4) is 5.82 Å². The molecule has 1 unspecified atom stereocenters. The fraction of sp³-hybridized carbons (Fsp3) is 0.250. The second-order valence-corrected chi connectivity index (χ2v) is 5.25. The molecule has 3 heterocycles. The molecule has 8 heteroatoms. The molecule has 8 nitrogen and oxygen atoms in total. The molecule has 3 aromatic rings. The molecule has 0 aliphatic heterocycles. The summed E-state index contributed by atoms with van der Waals surface area (Å²) >= 11 is 0. The van der Waals surface area contributed by atoms with Gasteiger partial charge >= 0.3 is 0 Å². The minimum atomic E-state index is -0.333. The Hall–Kier alpha value is -3.16. The summed E-state index contributed by atoms with van der Waals surface area (Å²) < 4.78 is 3.50. The SMILES string of the molecule is CC(C(=O)NCCNc1ccc(-n2cccc2)nn1)n1cccn1. The molecule has 2 N–H and O–H groups in total. The zero-order valence-corrected chi connectivity index (χ0v) is 13.3. The highest BCUT2D eigenvalue weighted by molar-refractivity contribution is 5.79. The van der Waals surface area contributed by atoms with Gasteiger partial charge in [-0.3, -0.25) is 9.48 Å². The summed E-state index contributed by atoms with van der Waals surface area (Å²) in [6.45, 7) is 2.86. The Morgan fingerprint density at radius 3 is 2.62 bits per heavy atom. The molecule has 0 saturated heterocycles. The molecule has 1 amide bonds. The van der Waals surface area contributed by atoms with Gasteiger partial charge in [-0.05, 0) is 37.3 Å². The van der Waals surface area contributed by atoms with Crippen molar-refractivity contribution in [3.63, 3.8) is 0 Å². The van der Waals surface area contributed by atoms with Crippen LogP contribution in [0.2, 0.25) is 0 Å². The fourth-order valence-electron chi connectivity index (χ4n) is 2.20. The van der Waals surface area contributed by atoms with Crippen LogP contribution in [0.1, 0.15) is 13.0 Å². The van der Waals surface area contributed by atoms with Crippen LogP contribution >= 0.6 is 0 Å². The Kier molecular flexibility index (Phi) is 4.85. The maximum absolute atomic E-state index is 12.0. The van der Waals surface area contributed by atoms with Crippen molar-refractivity contribution in [1.29, 1.82) is 0 Å². The molecular formula is C16H19N7O. The van der Waals surface area contributed by atoms with Crippen molar-refractivity contribution in [1.82, 2.24) is 29.9 Å². The van der Waals surface area contributed by atoms with E-state index in [0.717, 1.165) is 5.82 Å². The van der Waals surface area contributed by atoms with E-state index in [0.29, 0.717) is 18.9 Å². The predicted octanol–water partition coefficient (Wildman–Crippen LogP) is 1.25. The first-order valence-electron chi connectivity index (χ1n) is 7.72. The summed E-state index contributed by atoms with van der Waals surface area (Å²) in [6, 6.07) is 9.06. The average molecular weight is 325 g/mol. The third-order valence-electron chi connectivity index (χ3n) is 3.55. The first-order valence-corrected chi connectivity index (χ1v) is 7.72. The lowest BCUT2D eigenvalue weighted by Gasteiger charge is -2.13. The molecule has 3 aromatic heterocycles. The quantitative estimate of drug-likeness (QED) is 0.638. The van der Waals surface area contributed by atoms with Crippen LogP contribution in [0.15, 0.2) is 55.1 Å². The Bertz CT molecular complexity index is 750. The molecule has 0 saturated carbocycles. The number of hydrogen-bond donors (Lipinski definition) is 2. The van der Waals surface area contributed by atoms with Crippen LogP contribution in [0, 0.1) is 0 Å². The van der Waals surface area contributed by atoms with Gasteiger partial charge in [0.1, 0.15) is 11.9 Å². The molecule has 0 fully saturated rings. The highest BCUT2D eigenvalue weighted by Crippen LogP contribution is 2.06. The van der Waals surface area contributed by atoms with Crippen molar-refractivity contribution in [2.24, 2.45) is 0 Å². The summed E-state index contributed by atoms with van der Waals surface area (Å²) in [5.41, 5.74) is 0. The maximum atomic E-state index is 12.0. The van der Waals surface area contributed by atoms with E-state index in [4.69, 9.17) is 0 Å². The molecular weight excluding hydrogens is 306 g/mol. The van der Waals surface area contributed by atoms with Crippen LogP contribution in [-0.2, 0) is 4.79 Å². The third kappa shape index (κ3) is 3.78. The summed E-state index contributed by atoms with van der Waals surface area (Å²) in [6.07, 6.45) is 7.24. The summed E-state index contributed by atoms with van der Waals surface area (Å²) in [5.74, 6) is 1.35. The van der Waals surface area contributed by atoms with Crippen LogP contribution < -0.4 is 10.6 Å². The van der Waals surface area contributed by atoms with E-state index in [-0.39, 0.29) is 11.9 Å². The van der Waals surface area contributed by atoms with Gasteiger partial charge in [0.15, 0.2) is 5.82 Å². The van der Waals surface area contributed by atoms with Crippen LogP contribution in [0.3, 0.4) is 0 Å². The van der Waals surface area contributed by atoms with Crippen LogP contribution in [0.5, 0.6) is 0 Å². The summed E-state index contributed by atoms with van der Waals surface area (Å²) in [5, 5.41) is 18.3. The first kappa shape index (κ1) is 15.7. The number of amides is 1. The fourth-order valence-corrected chi connectivity index (χ4v) is 2.20. The van der Waals surface area contributed by atoms with Gasteiger partial charge < -0.3 is 15.2 Å². The Labute approximate surface area is 139 Å². The zero-order valence-electron chi connectivity index (χ0n) is 13.3. The molecule has 0 bridgehead atoms. The smallest absolute Gasteiger partial charge is 0.244 e. The van der Waals surface area contributed by atoms with E-state index in [1.807, 2.05) is 41.2 Å². The van der Waals surface area contributed by atoms with Crippen LogP contribution in [-0.4, -0.2) is 43.5 Å². The highest BCUT2D eigenvalue weighted by atomic mass is 16.2. The largest absolute Gasteiger partial charge is 0.367 e. The minimum Gasteiger partial charge on any atom is -0.367 e. The van der Waals surface area contributed by atoms with Gasteiger partial charge in [0.25, 0.3) is 0 Å². The number of nitrogens with zero attached hydrogens (tertiary/aromatic N) is 5. The Morgan fingerprint density at radius 2 is 1.96 bits per heavy atom. The minimum absolute atomic E-state index is 0.0745. The summed E-state index contributed by atoms with van der Waals surface area (Å²) in [7, 11) is 0. The van der Waals surface area contributed by atoms with Crippen molar-refractivity contribution in [2.45, 2.75) is 13.0 Å². The topological polar surface area (TPSA) is 89.7 Å². The van der Waals surface area contributed by atoms with Gasteiger partial charge in [-0.2, -0.15) is 5.10 Å². The number of aromatic nitrogens is 5. The van der Waals surface area contributed by atoms with Gasteiger partial charge in [-0.15, -0.1) is 10.2 Å². The number of carbonyl (C=O) groups excluding carboxylic acids is 1. The van der Waals surface area contributed by atoms with E-state index in [2.05, 4.69) is 25.9 Å². The molecule has 0 spiro atoms. The molecule has 124 valence electrons. The molecule has 3 rings (SSSR count). The second-order valence-electron chi connectivity index (χ2n) is 5.25.